The van der Waals surface area contributed by atoms with Crippen molar-refractivity contribution in [2.24, 2.45) is 11.8 Å². The van der Waals surface area contributed by atoms with Crippen molar-refractivity contribution < 1.29 is 23.8 Å². The topological polar surface area (TPSA) is 77.1 Å². The van der Waals surface area contributed by atoms with E-state index in [9.17, 15) is 9.59 Å². The lowest BCUT2D eigenvalue weighted by atomic mass is 9.77. The van der Waals surface area contributed by atoms with Gasteiger partial charge in [-0.25, -0.2) is 0 Å². The summed E-state index contributed by atoms with van der Waals surface area (Å²) in [7, 11) is 0. The first kappa shape index (κ1) is 17.5. The number of anilines is 1. The maximum absolute atomic E-state index is 13.4. The first-order valence-electron chi connectivity index (χ1n) is 10.0. The molecule has 2 aromatic rings. The van der Waals surface area contributed by atoms with Crippen LogP contribution in [0.2, 0.25) is 0 Å². The standard InChI is InChI=1S/C23H20N2O5/c26-21(24-15-4-2-1-3-5-15)19-17-8-9-23(30-17)12-25(22(27)20(19)23)11-14-6-7-16-18(10-14)29-13-28-16/h1-10,17,19-20H,11-13H2,(H,24,26)/t17-,19+,20-,23+/m1/s1. The van der Waals surface area contributed by atoms with Gasteiger partial charge in [-0.1, -0.05) is 36.4 Å². The van der Waals surface area contributed by atoms with Crippen LogP contribution in [0.15, 0.2) is 60.7 Å². The molecule has 2 aromatic carbocycles. The van der Waals surface area contributed by atoms with E-state index in [1.165, 1.54) is 0 Å². The number of carbonyl (C=O) groups excluding carboxylic acids is 2. The number of hydrogen-bond acceptors (Lipinski definition) is 5. The van der Waals surface area contributed by atoms with Crippen LogP contribution in [0, 0.1) is 11.8 Å². The number of hydrogen-bond donors (Lipinski definition) is 1. The number of benzene rings is 2. The highest BCUT2D eigenvalue weighted by Gasteiger charge is 2.66. The second-order valence-corrected chi connectivity index (χ2v) is 8.14. The molecule has 152 valence electrons. The van der Waals surface area contributed by atoms with E-state index in [-0.39, 0.29) is 24.7 Å². The lowest BCUT2D eigenvalue weighted by Crippen LogP contribution is -2.41. The monoisotopic (exact) mass is 404 g/mol. The van der Waals surface area contributed by atoms with Gasteiger partial charge in [0, 0.05) is 12.2 Å². The third-order valence-electron chi connectivity index (χ3n) is 6.33. The smallest absolute Gasteiger partial charge is 0.231 e. The summed E-state index contributed by atoms with van der Waals surface area (Å²) in [5.74, 6) is 0.127. The third kappa shape index (κ3) is 2.55. The van der Waals surface area contributed by atoms with Crippen LogP contribution in [0.4, 0.5) is 5.69 Å². The first-order chi connectivity index (χ1) is 14.6. The van der Waals surface area contributed by atoms with E-state index in [0.29, 0.717) is 30.3 Å². The number of carbonyl (C=O) groups is 2. The van der Waals surface area contributed by atoms with Crippen molar-refractivity contribution >= 4 is 17.5 Å². The lowest BCUT2D eigenvalue weighted by Gasteiger charge is -2.23. The molecule has 2 bridgehead atoms. The average Bonchev–Trinajstić information content (AvgIpc) is 3.50. The number of nitrogens with one attached hydrogen (secondary N) is 1. The fraction of sp³-hybridized carbons (Fsp3) is 0.304. The highest BCUT2D eigenvalue weighted by molar-refractivity contribution is 5.99. The Morgan fingerprint density at radius 1 is 1.13 bits per heavy atom. The summed E-state index contributed by atoms with van der Waals surface area (Å²) >= 11 is 0. The zero-order valence-corrected chi connectivity index (χ0v) is 16.1. The number of rotatable bonds is 4. The minimum atomic E-state index is -0.725. The molecule has 4 aliphatic heterocycles. The highest BCUT2D eigenvalue weighted by atomic mass is 16.7. The molecule has 4 heterocycles. The third-order valence-corrected chi connectivity index (χ3v) is 6.33. The van der Waals surface area contributed by atoms with Crippen molar-refractivity contribution in [1.29, 1.82) is 0 Å². The zero-order chi connectivity index (χ0) is 20.3. The van der Waals surface area contributed by atoms with Gasteiger partial charge in [-0.2, -0.15) is 0 Å². The molecule has 0 aromatic heterocycles. The van der Waals surface area contributed by atoms with Crippen LogP contribution >= 0.6 is 0 Å². The quantitative estimate of drug-likeness (QED) is 0.792. The molecule has 0 saturated carbocycles. The van der Waals surface area contributed by atoms with Crippen molar-refractivity contribution in [3.63, 3.8) is 0 Å². The summed E-state index contributed by atoms with van der Waals surface area (Å²) < 4.78 is 17.0. The summed E-state index contributed by atoms with van der Waals surface area (Å²) in [5, 5.41) is 2.94. The summed E-state index contributed by atoms with van der Waals surface area (Å²) in [6.07, 6.45) is 3.52. The molecule has 4 aliphatic rings. The molecule has 0 aliphatic carbocycles. The second-order valence-electron chi connectivity index (χ2n) is 8.14. The van der Waals surface area contributed by atoms with Gasteiger partial charge in [-0.3, -0.25) is 9.59 Å². The van der Waals surface area contributed by atoms with Crippen molar-refractivity contribution in [3.05, 3.63) is 66.2 Å². The Kier molecular flexibility index (Phi) is 3.70. The predicted octanol–water partition coefficient (Wildman–Crippen LogP) is 2.34. The van der Waals surface area contributed by atoms with E-state index in [1.807, 2.05) is 60.7 Å². The number of nitrogens with zero attached hydrogens (tertiary/aromatic N) is 1. The Labute approximate surface area is 173 Å². The average molecular weight is 404 g/mol. The summed E-state index contributed by atoms with van der Waals surface area (Å²) in [6.45, 7) is 1.08. The van der Waals surface area contributed by atoms with Gasteiger partial charge in [0.25, 0.3) is 0 Å². The van der Waals surface area contributed by atoms with E-state index in [4.69, 9.17) is 14.2 Å². The normalized spacial score (nSPS) is 30.1. The highest BCUT2D eigenvalue weighted by Crippen LogP contribution is 2.52. The van der Waals surface area contributed by atoms with Crippen LogP contribution in [-0.2, 0) is 20.9 Å². The largest absolute Gasteiger partial charge is 0.454 e. The zero-order valence-electron chi connectivity index (χ0n) is 16.1. The van der Waals surface area contributed by atoms with E-state index in [1.54, 1.807) is 4.90 Å². The fourth-order valence-electron chi connectivity index (χ4n) is 5.02. The minimum absolute atomic E-state index is 0.0484. The molecule has 6 rings (SSSR count). The molecule has 1 N–H and O–H groups in total. The Morgan fingerprint density at radius 2 is 1.97 bits per heavy atom. The molecule has 2 saturated heterocycles. The van der Waals surface area contributed by atoms with Gasteiger partial charge in [0.15, 0.2) is 11.5 Å². The van der Waals surface area contributed by atoms with Gasteiger partial charge >= 0.3 is 0 Å². The van der Waals surface area contributed by atoms with Crippen LogP contribution in [-0.4, -0.2) is 41.8 Å². The number of likely N-dealkylation sites (tertiary alicyclic amines) is 1. The molecule has 0 radical (unpaired) electrons. The van der Waals surface area contributed by atoms with Crippen LogP contribution in [0.1, 0.15) is 5.56 Å². The Hall–Kier alpha value is -3.32. The maximum atomic E-state index is 13.4. The van der Waals surface area contributed by atoms with Gasteiger partial charge in [0.05, 0.1) is 24.5 Å². The number of para-hydroxylation sites is 1. The van der Waals surface area contributed by atoms with Gasteiger partial charge in [-0.15, -0.1) is 0 Å². The molecule has 2 fully saturated rings. The van der Waals surface area contributed by atoms with E-state index in [2.05, 4.69) is 5.32 Å². The maximum Gasteiger partial charge on any atom is 0.231 e. The second kappa shape index (κ2) is 6.34. The summed E-state index contributed by atoms with van der Waals surface area (Å²) in [5.41, 5.74) is 0.940. The molecular formula is C23H20N2O5. The molecule has 7 heteroatoms. The number of ether oxygens (including phenoxy) is 3. The summed E-state index contributed by atoms with van der Waals surface area (Å²) in [6, 6.07) is 15.0. The number of fused-ring (bicyclic) bond motifs is 2. The van der Waals surface area contributed by atoms with Crippen molar-refractivity contribution in [2.75, 3.05) is 18.7 Å². The van der Waals surface area contributed by atoms with Crippen LogP contribution in [0.25, 0.3) is 0 Å². The van der Waals surface area contributed by atoms with Crippen molar-refractivity contribution in [2.45, 2.75) is 18.2 Å². The SMILES string of the molecule is O=C(Nc1ccccc1)[C@H]1[C@H]2C=C[C@@]3(CN(Cc4ccc5c(c4)OCO5)C(=O)[C@@H]13)O2. The van der Waals surface area contributed by atoms with Crippen LogP contribution in [0.3, 0.4) is 0 Å². The van der Waals surface area contributed by atoms with Crippen molar-refractivity contribution in [1.82, 2.24) is 4.90 Å². The molecule has 1 spiro atoms. The fourth-order valence-corrected chi connectivity index (χ4v) is 5.02. The molecule has 4 atom stereocenters. The van der Waals surface area contributed by atoms with Crippen molar-refractivity contribution in [3.8, 4) is 11.5 Å². The van der Waals surface area contributed by atoms with Crippen LogP contribution < -0.4 is 14.8 Å². The van der Waals surface area contributed by atoms with Gasteiger partial charge < -0.3 is 24.4 Å². The van der Waals surface area contributed by atoms with E-state index in [0.717, 1.165) is 5.56 Å². The molecule has 7 nitrogen and oxygen atoms in total. The predicted molar refractivity (Wildman–Crippen MR) is 107 cm³/mol. The van der Waals surface area contributed by atoms with Gasteiger partial charge in [0.2, 0.25) is 18.6 Å². The first-order valence-corrected chi connectivity index (χ1v) is 10.0. The number of amides is 2. The Bertz CT molecular complexity index is 1070. The van der Waals surface area contributed by atoms with Crippen LogP contribution in [0.5, 0.6) is 11.5 Å². The Morgan fingerprint density at radius 3 is 2.83 bits per heavy atom. The molecule has 30 heavy (non-hydrogen) atoms. The molecular weight excluding hydrogens is 384 g/mol. The molecule has 2 amide bonds. The summed E-state index contributed by atoms with van der Waals surface area (Å²) in [4.78, 5) is 28.2. The minimum Gasteiger partial charge on any atom is -0.454 e. The van der Waals surface area contributed by atoms with Gasteiger partial charge in [0.1, 0.15) is 5.60 Å². The Balaban J connectivity index is 1.24. The van der Waals surface area contributed by atoms with E-state index < -0.39 is 17.4 Å². The van der Waals surface area contributed by atoms with Gasteiger partial charge in [-0.05, 0) is 29.8 Å². The lowest BCUT2D eigenvalue weighted by molar-refractivity contribution is -0.136. The van der Waals surface area contributed by atoms with E-state index >= 15 is 0 Å². The molecule has 0 unspecified atom stereocenters.